The number of nitrogens with one attached hydrogen (secondary N) is 1. The SMILES string of the molecule is C=CCCCCCCC[NH]. The third-order valence-corrected chi connectivity index (χ3v) is 1.59. The summed E-state index contributed by atoms with van der Waals surface area (Å²) in [4.78, 5) is 0. The summed E-state index contributed by atoms with van der Waals surface area (Å²) in [5, 5.41) is 0. The van der Waals surface area contributed by atoms with Gasteiger partial charge in [0, 0.05) is 6.54 Å². The maximum Gasteiger partial charge on any atom is 0.00997 e. The summed E-state index contributed by atoms with van der Waals surface area (Å²) in [6, 6.07) is 0. The van der Waals surface area contributed by atoms with Gasteiger partial charge in [-0.3, -0.25) is 5.73 Å². The van der Waals surface area contributed by atoms with Crippen LogP contribution >= 0.6 is 0 Å². The topological polar surface area (TPSA) is 23.8 Å². The predicted octanol–water partition coefficient (Wildman–Crippen LogP) is 2.80. The van der Waals surface area contributed by atoms with E-state index in [2.05, 4.69) is 6.58 Å². The molecule has 0 aromatic rings. The van der Waals surface area contributed by atoms with Gasteiger partial charge < -0.3 is 0 Å². The van der Waals surface area contributed by atoms with Crippen LogP contribution in [0.3, 0.4) is 0 Å². The Morgan fingerprint density at radius 1 is 1.00 bits per heavy atom. The summed E-state index contributed by atoms with van der Waals surface area (Å²) in [6.07, 6.45) is 9.33. The van der Waals surface area contributed by atoms with Gasteiger partial charge in [0.15, 0.2) is 0 Å². The molecule has 10 heavy (non-hydrogen) atoms. The average molecular weight is 140 g/mol. The van der Waals surface area contributed by atoms with E-state index in [1.165, 1.54) is 25.7 Å². The molecule has 0 spiro atoms. The van der Waals surface area contributed by atoms with E-state index in [1.807, 2.05) is 6.08 Å². The molecular weight excluding hydrogens is 122 g/mol. The smallest absolute Gasteiger partial charge is 0.00997 e. The lowest BCUT2D eigenvalue weighted by atomic mass is 10.1. The van der Waals surface area contributed by atoms with E-state index in [-0.39, 0.29) is 0 Å². The summed E-state index contributed by atoms with van der Waals surface area (Å²) in [5.74, 6) is 0. The fourth-order valence-electron chi connectivity index (χ4n) is 0.944. The van der Waals surface area contributed by atoms with Gasteiger partial charge in [0.05, 0.1) is 0 Å². The van der Waals surface area contributed by atoms with Gasteiger partial charge in [-0.25, -0.2) is 0 Å². The highest BCUT2D eigenvalue weighted by Gasteiger charge is 1.86. The zero-order valence-electron chi connectivity index (χ0n) is 6.73. The average Bonchev–Trinajstić information content (AvgIpc) is 1.97. The second kappa shape index (κ2) is 8.70. The maximum atomic E-state index is 6.90. The van der Waals surface area contributed by atoms with Crippen LogP contribution in [0, 0.1) is 0 Å². The van der Waals surface area contributed by atoms with Gasteiger partial charge in [0.2, 0.25) is 0 Å². The maximum absolute atomic E-state index is 6.90. The molecule has 0 saturated carbocycles. The molecule has 0 aromatic heterocycles. The highest BCUT2D eigenvalue weighted by molar-refractivity contribution is 4.65. The third kappa shape index (κ3) is 7.70. The van der Waals surface area contributed by atoms with Crippen LogP contribution in [0.1, 0.15) is 38.5 Å². The molecule has 0 amide bonds. The normalized spacial score (nSPS) is 9.70. The van der Waals surface area contributed by atoms with Gasteiger partial charge in [-0.05, 0) is 19.3 Å². The molecule has 1 radical (unpaired) electrons. The zero-order valence-corrected chi connectivity index (χ0v) is 6.73. The summed E-state index contributed by atoms with van der Waals surface area (Å²) < 4.78 is 0. The molecule has 1 heteroatoms. The molecule has 1 N–H and O–H groups in total. The standard InChI is InChI=1S/C9H18N/c1-2-3-4-5-6-7-8-9-10/h2,10H,1,3-9H2. The summed E-state index contributed by atoms with van der Waals surface area (Å²) in [5.41, 5.74) is 6.90. The van der Waals surface area contributed by atoms with Crippen LogP contribution in [-0.4, -0.2) is 6.54 Å². The van der Waals surface area contributed by atoms with Gasteiger partial charge in [0.25, 0.3) is 0 Å². The Hall–Kier alpha value is -0.300. The summed E-state index contributed by atoms with van der Waals surface area (Å²) in [7, 11) is 0. The van der Waals surface area contributed by atoms with E-state index in [9.17, 15) is 0 Å². The van der Waals surface area contributed by atoms with Crippen molar-refractivity contribution in [3.05, 3.63) is 12.7 Å². The van der Waals surface area contributed by atoms with Crippen molar-refractivity contribution < 1.29 is 0 Å². The Morgan fingerprint density at radius 2 is 1.60 bits per heavy atom. The lowest BCUT2D eigenvalue weighted by molar-refractivity contribution is 0.620. The second-order valence-electron chi connectivity index (χ2n) is 2.60. The van der Waals surface area contributed by atoms with Crippen molar-refractivity contribution in [2.75, 3.05) is 6.54 Å². The Bertz CT molecular complexity index is 69.1. The Morgan fingerprint density at radius 3 is 2.20 bits per heavy atom. The molecule has 0 atom stereocenters. The van der Waals surface area contributed by atoms with Crippen molar-refractivity contribution in [1.29, 1.82) is 0 Å². The van der Waals surface area contributed by atoms with Gasteiger partial charge in [0.1, 0.15) is 0 Å². The van der Waals surface area contributed by atoms with Crippen molar-refractivity contribution in [3.63, 3.8) is 0 Å². The first-order chi connectivity index (χ1) is 4.91. The van der Waals surface area contributed by atoms with E-state index in [0.717, 1.165) is 12.8 Å². The van der Waals surface area contributed by atoms with Crippen LogP contribution in [0.2, 0.25) is 0 Å². The van der Waals surface area contributed by atoms with Crippen molar-refractivity contribution in [1.82, 2.24) is 5.73 Å². The van der Waals surface area contributed by atoms with Crippen LogP contribution < -0.4 is 5.73 Å². The van der Waals surface area contributed by atoms with E-state index < -0.39 is 0 Å². The van der Waals surface area contributed by atoms with E-state index >= 15 is 0 Å². The number of allylic oxidation sites excluding steroid dienone is 1. The molecule has 0 aliphatic heterocycles. The van der Waals surface area contributed by atoms with Crippen molar-refractivity contribution >= 4 is 0 Å². The van der Waals surface area contributed by atoms with Gasteiger partial charge in [-0.2, -0.15) is 0 Å². The van der Waals surface area contributed by atoms with Crippen LogP contribution in [0.15, 0.2) is 12.7 Å². The Labute approximate surface area is 64.3 Å². The molecular formula is C9H18N. The lowest BCUT2D eigenvalue weighted by Crippen LogP contribution is -1.84. The molecule has 0 rings (SSSR count). The number of unbranched alkanes of at least 4 members (excludes halogenated alkanes) is 5. The minimum absolute atomic E-state index is 0.599. The van der Waals surface area contributed by atoms with Crippen molar-refractivity contribution in [2.24, 2.45) is 0 Å². The van der Waals surface area contributed by atoms with Crippen LogP contribution in [-0.2, 0) is 0 Å². The molecule has 0 fully saturated rings. The predicted molar refractivity (Wildman–Crippen MR) is 45.9 cm³/mol. The first kappa shape index (κ1) is 9.70. The second-order valence-corrected chi connectivity index (χ2v) is 2.60. The largest absolute Gasteiger partial charge is 0.258 e. The first-order valence-corrected chi connectivity index (χ1v) is 4.17. The number of hydrogen-bond donors (Lipinski definition) is 0. The first-order valence-electron chi connectivity index (χ1n) is 4.17. The highest BCUT2D eigenvalue weighted by atomic mass is 14.5. The van der Waals surface area contributed by atoms with E-state index in [0.29, 0.717) is 6.54 Å². The lowest BCUT2D eigenvalue weighted by Gasteiger charge is -1.96. The minimum atomic E-state index is 0.599. The molecule has 0 saturated heterocycles. The van der Waals surface area contributed by atoms with E-state index in [1.54, 1.807) is 0 Å². The quantitative estimate of drug-likeness (QED) is 0.383. The number of hydrogen-bond acceptors (Lipinski definition) is 0. The molecule has 0 bridgehead atoms. The molecule has 0 aromatic carbocycles. The monoisotopic (exact) mass is 140 g/mol. The number of rotatable bonds is 7. The fraction of sp³-hybridized carbons (Fsp3) is 0.778. The zero-order chi connectivity index (χ0) is 7.66. The van der Waals surface area contributed by atoms with E-state index in [4.69, 9.17) is 5.73 Å². The summed E-state index contributed by atoms with van der Waals surface area (Å²) >= 11 is 0. The fourth-order valence-corrected chi connectivity index (χ4v) is 0.944. The third-order valence-electron chi connectivity index (χ3n) is 1.59. The van der Waals surface area contributed by atoms with Gasteiger partial charge >= 0.3 is 0 Å². The molecule has 0 heterocycles. The Balaban J connectivity index is 2.70. The molecule has 0 aliphatic carbocycles. The molecule has 1 nitrogen and oxygen atoms in total. The summed E-state index contributed by atoms with van der Waals surface area (Å²) in [6.45, 7) is 4.26. The highest BCUT2D eigenvalue weighted by Crippen LogP contribution is 2.04. The van der Waals surface area contributed by atoms with Crippen LogP contribution in [0.5, 0.6) is 0 Å². The van der Waals surface area contributed by atoms with Crippen molar-refractivity contribution in [2.45, 2.75) is 38.5 Å². The van der Waals surface area contributed by atoms with Crippen LogP contribution in [0.25, 0.3) is 0 Å². The Kier molecular flexibility index (Phi) is 8.44. The van der Waals surface area contributed by atoms with Crippen molar-refractivity contribution in [3.8, 4) is 0 Å². The molecule has 59 valence electrons. The van der Waals surface area contributed by atoms with Gasteiger partial charge in [-0.1, -0.05) is 25.3 Å². The van der Waals surface area contributed by atoms with Crippen LogP contribution in [0.4, 0.5) is 0 Å². The molecule has 0 unspecified atom stereocenters. The minimum Gasteiger partial charge on any atom is -0.258 e. The molecule has 0 aliphatic rings. The van der Waals surface area contributed by atoms with Gasteiger partial charge in [-0.15, -0.1) is 6.58 Å².